The van der Waals surface area contributed by atoms with Crippen molar-refractivity contribution in [3.05, 3.63) is 52.0 Å². The summed E-state index contributed by atoms with van der Waals surface area (Å²) in [7, 11) is 0. The first-order valence-corrected chi connectivity index (χ1v) is 7.44. The van der Waals surface area contributed by atoms with Gasteiger partial charge < -0.3 is 0 Å². The van der Waals surface area contributed by atoms with Crippen LogP contribution in [0.15, 0.2) is 29.5 Å². The number of hydrogen-bond acceptors (Lipinski definition) is 5. The summed E-state index contributed by atoms with van der Waals surface area (Å²) >= 11 is 0. The van der Waals surface area contributed by atoms with Crippen molar-refractivity contribution >= 4 is 17.4 Å². The lowest BCUT2D eigenvalue weighted by Gasteiger charge is -2.14. The van der Waals surface area contributed by atoms with E-state index in [1.807, 2.05) is 0 Å². The summed E-state index contributed by atoms with van der Waals surface area (Å²) in [6.45, 7) is 0. The maximum absolute atomic E-state index is 12.4. The molecule has 3 aromatic heterocycles. The van der Waals surface area contributed by atoms with Crippen molar-refractivity contribution in [3.8, 4) is 0 Å². The Morgan fingerprint density at radius 3 is 3.04 bits per heavy atom. The highest BCUT2D eigenvalue weighted by Crippen LogP contribution is 2.17. The Morgan fingerprint density at radius 2 is 2.13 bits per heavy atom. The first kappa shape index (κ1) is 13.6. The monoisotopic (exact) mass is 310 g/mol. The molecule has 0 atom stereocenters. The minimum absolute atomic E-state index is 0.156. The zero-order valence-corrected chi connectivity index (χ0v) is 12.2. The van der Waals surface area contributed by atoms with Crippen LogP contribution >= 0.6 is 0 Å². The number of nitrogens with zero attached hydrogens (tertiary/aromatic N) is 4. The minimum Gasteiger partial charge on any atom is -0.292 e. The molecule has 1 aliphatic rings. The third-order valence-electron chi connectivity index (χ3n) is 3.96. The average molecular weight is 310 g/mol. The molecule has 0 saturated heterocycles. The number of carbonyl (C=O) groups is 1. The normalized spacial score (nSPS) is 13.7. The van der Waals surface area contributed by atoms with E-state index in [0.29, 0.717) is 5.52 Å². The van der Waals surface area contributed by atoms with Gasteiger partial charge in [-0.25, -0.2) is 14.5 Å². The van der Waals surface area contributed by atoms with Crippen molar-refractivity contribution in [2.75, 3.05) is 5.32 Å². The standard InChI is InChI=1S/C15H14N6O2/c22-13-9-3-1-2-4-10(9)18-15(19-13)20-14(23)12-11-5-6-17-21(11)8-7-16-12/h5-8H,1-4H2,(H2,18,19,20,22,23). The number of aromatic nitrogens is 5. The second-order valence-electron chi connectivity index (χ2n) is 5.44. The fourth-order valence-electron chi connectivity index (χ4n) is 2.86. The molecule has 23 heavy (non-hydrogen) atoms. The number of rotatable bonds is 2. The van der Waals surface area contributed by atoms with Crippen LogP contribution in [0.5, 0.6) is 0 Å². The predicted octanol–water partition coefficient (Wildman–Crippen LogP) is 0.944. The molecule has 0 fully saturated rings. The number of fused-ring (bicyclic) bond motifs is 2. The Kier molecular flexibility index (Phi) is 3.14. The first-order valence-electron chi connectivity index (χ1n) is 7.44. The van der Waals surface area contributed by atoms with Gasteiger partial charge in [-0.2, -0.15) is 5.10 Å². The molecular weight excluding hydrogens is 296 g/mol. The summed E-state index contributed by atoms with van der Waals surface area (Å²) in [4.78, 5) is 35.6. The molecule has 0 radical (unpaired) electrons. The van der Waals surface area contributed by atoms with Crippen LogP contribution in [-0.4, -0.2) is 30.5 Å². The lowest BCUT2D eigenvalue weighted by atomic mass is 9.97. The number of anilines is 1. The van der Waals surface area contributed by atoms with E-state index >= 15 is 0 Å². The predicted molar refractivity (Wildman–Crippen MR) is 82.4 cm³/mol. The molecule has 3 heterocycles. The molecule has 0 saturated carbocycles. The van der Waals surface area contributed by atoms with E-state index in [0.717, 1.165) is 36.9 Å². The molecule has 3 aromatic rings. The first-order chi connectivity index (χ1) is 11.2. The number of H-pyrrole nitrogens is 1. The summed E-state index contributed by atoms with van der Waals surface area (Å²) < 4.78 is 1.56. The van der Waals surface area contributed by atoms with Crippen LogP contribution in [-0.2, 0) is 12.8 Å². The van der Waals surface area contributed by atoms with Gasteiger partial charge in [-0.05, 0) is 31.7 Å². The minimum atomic E-state index is -0.435. The topological polar surface area (TPSA) is 105 Å². The third kappa shape index (κ3) is 2.37. The lowest BCUT2D eigenvalue weighted by molar-refractivity contribution is 0.102. The highest BCUT2D eigenvalue weighted by atomic mass is 16.2. The molecule has 8 nitrogen and oxygen atoms in total. The fraction of sp³-hybridized carbons (Fsp3) is 0.267. The van der Waals surface area contributed by atoms with E-state index in [1.165, 1.54) is 6.20 Å². The average Bonchev–Trinajstić information content (AvgIpc) is 3.03. The van der Waals surface area contributed by atoms with E-state index < -0.39 is 5.91 Å². The Morgan fingerprint density at radius 1 is 1.26 bits per heavy atom. The summed E-state index contributed by atoms with van der Waals surface area (Å²) in [5, 5.41) is 6.69. The molecule has 0 spiro atoms. The van der Waals surface area contributed by atoms with Crippen molar-refractivity contribution in [1.29, 1.82) is 0 Å². The van der Waals surface area contributed by atoms with Gasteiger partial charge in [0.15, 0.2) is 5.69 Å². The second kappa shape index (κ2) is 5.31. The highest BCUT2D eigenvalue weighted by Gasteiger charge is 2.18. The fourth-order valence-corrected chi connectivity index (χ4v) is 2.86. The summed E-state index contributed by atoms with van der Waals surface area (Å²) in [5.74, 6) is -0.279. The van der Waals surface area contributed by atoms with Crippen molar-refractivity contribution < 1.29 is 4.79 Å². The van der Waals surface area contributed by atoms with Crippen LogP contribution in [0.25, 0.3) is 5.52 Å². The summed E-state index contributed by atoms with van der Waals surface area (Å²) in [6, 6.07) is 1.70. The SMILES string of the molecule is O=C(Nc1nc2c(c(=O)[nH]1)CCCC2)c1nccn2nccc12. The molecule has 4 rings (SSSR count). The molecule has 1 aliphatic carbocycles. The Balaban J connectivity index is 1.68. The van der Waals surface area contributed by atoms with Crippen molar-refractivity contribution in [2.24, 2.45) is 0 Å². The smallest absolute Gasteiger partial charge is 0.278 e. The molecule has 0 bridgehead atoms. The molecule has 0 aromatic carbocycles. The van der Waals surface area contributed by atoms with E-state index in [9.17, 15) is 9.59 Å². The maximum Gasteiger partial charge on any atom is 0.278 e. The van der Waals surface area contributed by atoms with Crippen molar-refractivity contribution in [2.45, 2.75) is 25.7 Å². The Labute approximate surface area is 130 Å². The van der Waals surface area contributed by atoms with Crippen LogP contribution in [0.1, 0.15) is 34.6 Å². The van der Waals surface area contributed by atoms with Gasteiger partial charge in [0.2, 0.25) is 5.95 Å². The zero-order valence-electron chi connectivity index (χ0n) is 12.2. The third-order valence-corrected chi connectivity index (χ3v) is 3.96. The van der Waals surface area contributed by atoms with Gasteiger partial charge in [-0.1, -0.05) is 0 Å². The summed E-state index contributed by atoms with van der Waals surface area (Å²) in [6.07, 6.45) is 8.25. The Hall–Kier alpha value is -3.03. The number of hydrogen-bond donors (Lipinski definition) is 2. The van der Waals surface area contributed by atoms with Gasteiger partial charge in [0.25, 0.3) is 11.5 Å². The van der Waals surface area contributed by atoms with Gasteiger partial charge in [-0.15, -0.1) is 0 Å². The number of amides is 1. The maximum atomic E-state index is 12.4. The number of carbonyl (C=O) groups excluding carboxylic acids is 1. The molecule has 8 heteroatoms. The number of aryl methyl sites for hydroxylation is 1. The summed E-state index contributed by atoms with van der Waals surface area (Å²) in [5.41, 5.74) is 2.13. The van der Waals surface area contributed by atoms with E-state index in [2.05, 4.69) is 25.4 Å². The second-order valence-corrected chi connectivity index (χ2v) is 5.44. The van der Waals surface area contributed by atoms with Crippen LogP contribution in [0, 0.1) is 0 Å². The van der Waals surface area contributed by atoms with Crippen molar-refractivity contribution in [1.82, 2.24) is 24.6 Å². The molecule has 0 unspecified atom stereocenters. The van der Waals surface area contributed by atoms with Crippen LogP contribution < -0.4 is 10.9 Å². The van der Waals surface area contributed by atoms with Gasteiger partial charge in [-0.3, -0.25) is 19.9 Å². The van der Waals surface area contributed by atoms with Crippen molar-refractivity contribution in [3.63, 3.8) is 0 Å². The molecule has 116 valence electrons. The highest BCUT2D eigenvalue weighted by molar-refractivity contribution is 6.06. The van der Waals surface area contributed by atoms with E-state index in [-0.39, 0.29) is 17.2 Å². The zero-order chi connectivity index (χ0) is 15.8. The van der Waals surface area contributed by atoms with Gasteiger partial charge in [0.05, 0.1) is 17.4 Å². The molecule has 1 amide bonds. The van der Waals surface area contributed by atoms with Gasteiger partial charge in [0.1, 0.15) is 0 Å². The van der Waals surface area contributed by atoms with Crippen LogP contribution in [0.3, 0.4) is 0 Å². The van der Waals surface area contributed by atoms with Gasteiger partial charge in [0, 0.05) is 18.0 Å². The Bertz CT molecular complexity index is 958. The lowest BCUT2D eigenvalue weighted by Crippen LogP contribution is -2.25. The molecular formula is C15H14N6O2. The quantitative estimate of drug-likeness (QED) is 0.733. The van der Waals surface area contributed by atoms with E-state index in [4.69, 9.17) is 0 Å². The number of nitrogens with one attached hydrogen (secondary N) is 2. The molecule has 0 aliphatic heterocycles. The van der Waals surface area contributed by atoms with E-state index in [1.54, 1.807) is 23.0 Å². The van der Waals surface area contributed by atoms with Crippen LogP contribution in [0.4, 0.5) is 5.95 Å². The van der Waals surface area contributed by atoms with Crippen LogP contribution in [0.2, 0.25) is 0 Å². The largest absolute Gasteiger partial charge is 0.292 e. The number of aromatic amines is 1. The van der Waals surface area contributed by atoms with Gasteiger partial charge >= 0.3 is 0 Å². The molecule has 2 N–H and O–H groups in total.